The molecule has 0 unspecified atom stereocenters. The molecule has 1 saturated carbocycles. The van der Waals surface area contributed by atoms with Crippen molar-refractivity contribution in [1.82, 2.24) is 4.90 Å². The summed E-state index contributed by atoms with van der Waals surface area (Å²) in [6, 6.07) is 0. The fourth-order valence-corrected chi connectivity index (χ4v) is 3.91. The molecule has 1 aliphatic carbocycles. The van der Waals surface area contributed by atoms with Crippen LogP contribution in [0.25, 0.3) is 0 Å². The van der Waals surface area contributed by atoms with Crippen LogP contribution in [0.1, 0.15) is 32.1 Å². The molecule has 88 valence electrons. The maximum absolute atomic E-state index is 11.2. The van der Waals surface area contributed by atoms with Gasteiger partial charge in [-0.05, 0) is 18.9 Å². The number of hydrogen-bond acceptors (Lipinski definition) is 3. The van der Waals surface area contributed by atoms with E-state index in [2.05, 4.69) is 4.90 Å². The van der Waals surface area contributed by atoms with Crippen LogP contribution in [0.3, 0.4) is 0 Å². The molecule has 2 rings (SSSR count). The molecule has 1 aliphatic heterocycles. The molecule has 1 saturated heterocycles. The molecule has 4 heteroatoms. The third-order valence-corrected chi connectivity index (χ3v) is 5.37. The van der Waals surface area contributed by atoms with Crippen molar-refractivity contribution < 1.29 is 8.42 Å². The molecule has 0 aromatic rings. The Morgan fingerprint density at radius 1 is 1.07 bits per heavy atom. The smallest absolute Gasteiger partial charge is 0.152 e. The predicted molar refractivity (Wildman–Crippen MR) is 61.7 cm³/mol. The van der Waals surface area contributed by atoms with Crippen LogP contribution in [0.2, 0.25) is 0 Å². The minimum absolute atomic E-state index is 0.373. The van der Waals surface area contributed by atoms with Gasteiger partial charge in [-0.25, -0.2) is 8.42 Å². The Labute approximate surface area is 92.8 Å². The van der Waals surface area contributed by atoms with Gasteiger partial charge in [0.1, 0.15) is 0 Å². The molecule has 1 heterocycles. The molecule has 0 aromatic heterocycles. The average molecular weight is 231 g/mol. The van der Waals surface area contributed by atoms with E-state index in [-0.39, 0.29) is 0 Å². The SMILES string of the molecule is O=S1(=O)CCN(CCC2CCCC2)CC1. The molecule has 15 heavy (non-hydrogen) atoms. The Morgan fingerprint density at radius 3 is 2.27 bits per heavy atom. The van der Waals surface area contributed by atoms with E-state index >= 15 is 0 Å². The van der Waals surface area contributed by atoms with Gasteiger partial charge < -0.3 is 4.90 Å². The Bertz CT molecular complexity index is 280. The Balaban J connectivity index is 1.68. The van der Waals surface area contributed by atoms with Crippen LogP contribution in [0, 0.1) is 5.92 Å². The van der Waals surface area contributed by atoms with Crippen molar-refractivity contribution in [2.45, 2.75) is 32.1 Å². The third kappa shape index (κ3) is 3.45. The summed E-state index contributed by atoms with van der Waals surface area (Å²) >= 11 is 0. The highest BCUT2D eigenvalue weighted by Crippen LogP contribution is 2.27. The molecule has 0 N–H and O–H groups in total. The quantitative estimate of drug-likeness (QED) is 0.734. The molecule has 0 spiro atoms. The summed E-state index contributed by atoms with van der Waals surface area (Å²) in [4.78, 5) is 2.32. The lowest BCUT2D eigenvalue weighted by molar-refractivity contribution is 0.270. The second-order valence-corrected chi connectivity index (χ2v) is 7.24. The Hall–Kier alpha value is -0.0900. The zero-order valence-corrected chi connectivity index (χ0v) is 10.1. The van der Waals surface area contributed by atoms with Crippen LogP contribution < -0.4 is 0 Å². The van der Waals surface area contributed by atoms with Crippen molar-refractivity contribution in [3.05, 3.63) is 0 Å². The molecular formula is C11H21NO2S. The zero-order valence-electron chi connectivity index (χ0n) is 9.32. The third-order valence-electron chi connectivity index (χ3n) is 3.77. The monoisotopic (exact) mass is 231 g/mol. The van der Waals surface area contributed by atoms with Crippen LogP contribution in [-0.2, 0) is 9.84 Å². The minimum atomic E-state index is -2.69. The lowest BCUT2D eigenvalue weighted by Gasteiger charge is -2.27. The summed E-state index contributed by atoms with van der Waals surface area (Å²) in [5, 5.41) is 0. The van der Waals surface area contributed by atoms with E-state index in [1.165, 1.54) is 32.1 Å². The molecule has 3 nitrogen and oxygen atoms in total. The number of sulfone groups is 1. The van der Waals surface area contributed by atoms with Crippen molar-refractivity contribution in [2.24, 2.45) is 5.92 Å². The van der Waals surface area contributed by atoms with Crippen molar-refractivity contribution in [3.8, 4) is 0 Å². The van der Waals surface area contributed by atoms with Gasteiger partial charge in [0.2, 0.25) is 0 Å². The maximum atomic E-state index is 11.2. The average Bonchev–Trinajstić information content (AvgIpc) is 2.69. The van der Waals surface area contributed by atoms with Gasteiger partial charge in [-0.15, -0.1) is 0 Å². The predicted octanol–water partition coefficient (Wildman–Crippen LogP) is 1.30. The van der Waals surface area contributed by atoms with Crippen LogP contribution in [0.15, 0.2) is 0 Å². The summed E-state index contributed by atoms with van der Waals surface area (Å²) < 4.78 is 22.5. The zero-order chi connectivity index (χ0) is 10.7. The van der Waals surface area contributed by atoms with Gasteiger partial charge in [-0.2, -0.15) is 0 Å². The first-order chi connectivity index (χ1) is 7.16. The number of rotatable bonds is 3. The van der Waals surface area contributed by atoms with Gasteiger partial charge in [0.25, 0.3) is 0 Å². The van der Waals surface area contributed by atoms with Gasteiger partial charge >= 0.3 is 0 Å². The summed E-state index contributed by atoms with van der Waals surface area (Å²) in [6.07, 6.45) is 6.87. The highest BCUT2D eigenvalue weighted by atomic mass is 32.2. The van der Waals surface area contributed by atoms with Crippen molar-refractivity contribution in [3.63, 3.8) is 0 Å². The molecule has 0 amide bonds. The fourth-order valence-electron chi connectivity index (χ4n) is 2.64. The standard InChI is InChI=1S/C11H21NO2S/c13-15(14)9-7-12(8-10-15)6-5-11-3-1-2-4-11/h11H,1-10H2. The molecular weight excluding hydrogens is 210 g/mol. The molecule has 0 bridgehead atoms. The van der Waals surface area contributed by atoms with Crippen LogP contribution in [0.5, 0.6) is 0 Å². The largest absolute Gasteiger partial charge is 0.301 e. The lowest BCUT2D eigenvalue weighted by Crippen LogP contribution is -2.40. The van der Waals surface area contributed by atoms with E-state index in [4.69, 9.17) is 0 Å². The molecule has 0 atom stereocenters. The van der Waals surface area contributed by atoms with Gasteiger partial charge in [0.05, 0.1) is 11.5 Å². The van der Waals surface area contributed by atoms with Crippen molar-refractivity contribution >= 4 is 9.84 Å². The fraction of sp³-hybridized carbons (Fsp3) is 1.00. The topological polar surface area (TPSA) is 37.4 Å². The summed E-state index contributed by atoms with van der Waals surface area (Å²) in [6.45, 7) is 2.63. The molecule has 0 aromatic carbocycles. The molecule has 2 fully saturated rings. The van der Waals surface area contributed by atoms with E-state index in [0.29, 0.717) is 11.5 Å². The van der Waals surface area contributed by atoms with Crippen molar-refractivity contribution in [2.75, 3.05) is 31.1 Å². The highest BCUT2D eigenvalue weighted by molar-refractivity contribution is 7.91. The van der Waals surface area contributed by atoms with Crippen molar-refractivity contribution in [1.29, 1.82) is 0 Å². The van der Waals surface area contributed by atoms with E-state index in [9.17, 15) is 8.42 Å². The minimum Gasteiger partial charge on any atom is -0.301 e. The second-order valence-electron chi connectivity index (χ2n) is 4.93. The summed E-state index contributed by atoms with van der Waals surface area (Å²) in [5.74, 6) is 1.67. The lowest BCUT2D eigenvalue weighted by atomic mass is 10.0. The van der Waals surface area contributed by atoms with Crippen LogP contribution in [0.4, 0.5) is 0 Å². The second kappa shape index (κ2) is 4.83. The summed E-state index contributed by atoms with van der Waals surface area (Å²) in [5.41, 5.74) is 0. The van der Waals surface area contributed by atoms with Gasteiger partial charge in [0.15, 0.2) is 9.84 Å². The first-order valence-corrected chi connectivity index (χ1v) is 7.91. The molecule has 2 aliphatic rings. The first-order valence-electron chi connectivity index (χ1n) is 6.08. The van der Waals surface area contributed by atoms with Gasteiger partial charge in [-0.1, -0.05) is 25.7 Å². The van der Waals surface area contributed by atoms with E-state index in [1.54, 1.807) is 0 Å². The maximum Gasteiger partial charge on any atom is 0.152 e. The van der Waals surface area contributed by atoms with Gasteiger partial charge in [-0.3, -0.25) is 0 Å². The first kappa shape index (κ1) is 11.4. The van der Waals surface area contributed by atoms with Crippen LogP contribution >= 0.6 is 0 Å². The Morgan fingerprint density at radius 2 is 1.67 bits per heavy atom. The molecule has 0 radical (unpaired) electrons. The van der Waals surface area contributed by atoms with E-state index in [1.807, 2.05) is 0 Å². The Kier molecular flexibility index (Phi) is 3.67. The number of hydrogen-bond donors (Lipinski definition) is 0. The van der Waals surface area contributed by atoms with Gasteiger partial charge in [0, 0.05) is 13.1 Å². The van der Waals surface area contributed by atoms with E-state index < -0.39 is 9.84 Å². The van der Waals surface area contributed by atoms with E-state index in [0.717, 1.165) is 25.6 Å². The normalized spacial score (nSPS) is 28.3. The summed E-state index contributed by atoms with van der Waals surface area (Å²) in [7, 11) is -2.69. The number of nitrogens with zero attached hydrogens (tertiary/aromatic N) is 1. The highest BCUT2D eigenvalue weighted by Gasteiger charge is 2.22. The van der Waals surface area contributed by atoms with Crippen LogP contribution in [-0.4, -0.2) is 44.5 Å².